The fourth-order valence-corrected chi connectivity index (χ4v) is 1.75. The van der Waals surface area contributed by atoms with Crippen LogP contribution in [0.25, 0.3) is 0 Å². The van der Waals surface area contributed by atoms with Gasteiger partial charge in [0.1, 0.15) is 11.6 Å². The maximum Gasteiger partial charge on any atom is 0.277 e. The van der Waals surface area contributed by atoms with Crippen LogP contribution in [-0.4, -0.2) is 27.9 Å². The third-order valence-corrected chi connectivity index (χ3v) is 2.96. The molecule has 6 heteroatoms. The highest BCUT2D eigenvalue weighted by atomic mass is 16.2. The molecule has 0 atom stereocenters. The number of aromatic nitrogens is 3. The van der Waals surface area contributed by atoms with E-state index in [4.69, 9.17) is 0 Å². The average Bonchev–Trinajstić information content (AvgIpc) is 2.48. The number of hydrogen-bond acceptors (Lipinski definition) is 5. The largest absolute Gasteiger partial charge is 0.385 e. The van der Waals surface area contributed by atoms with E-state index in [1.165, 1.54) is 0 Å². The molecule has 6 nitrogen and oxygen atoms in total. The molecule has 2 rings (SSSR count). The molecule has 0 bridgehead atoms. The first-order valence-corrected chi connectivity index (χ1v) is 6.80. The van der Waals surface area contributed by atoms with Crippen molar-refractivity contribution in [3.63, 3.8) is 0 Å². The van der Waals surface area contributed by atoms with Gasteiger partial charge in [-0.05, 0) is 18.6 Å². The number of nitrogens with one attached hydrogen (secondary N) is 2. The number of carbonyl (C=O) groups is 1. The Balaban J connectivity index is 2.28. The van der Waals surface area contributed by atoms with Crippen LogP contribution in [0.3, 0.4) is 0 Å². The van der Waals surface area contributed by atoms with E-state index in [9.17, 15) is 4.79 Å². The van der Waals surface area contributed by atoms with E-state index >= 15 is 0 Å². The standard InChI is InChI=1S/C15H19N5O/c1-9(2)14-18-8-11(16-4)13(20-14)15(21)19-12-6-5-10(3)7-17-12/h5-9,16H,1-4H3,(H,17,19,21). The number of nitrogens with zero attached hydrogens (tertiary/aromatic N) is 3. The Morgan fingerprint density at radius 3 is 2.52 bits per heavy atom. The summed E-state index contributed by atoms with van der Waals surface area (Å²) in [5.41, 5.74) is 1.94. The fourth-order valence-electron chi connectivity index (χ4n) is 1.75. The Morgan fingerprint density at radius 2 is 1.95 bits per heavy atom. The van der Waals surface area contributed by atoms with Gasteiger partial charge in [-0.2, -0.15) is 0 Å². The predicted molar refractivity (Wildman–Crippen MR) is 82.6 cm³/mol. The molecule has 0 fully saturated rings. The number of pyridine rings is 1. The summed E-state index contributed by atoms with van der Waals surface area (Å²) < 4.78 is 0. The molecule has 0 aromatic carbocycles. The minimum atomic E-state index is -0.306. The summed E-state index contributed by atoms with van der Waals surface area (Å²) in [6.07, 6.45) is 3.33. The Morgan fingerprint density at radius 1 is 1.19 bits per heavy atom. The summed E-state index contributed by atoms with van der Waals surface area (Å²) in [4.78, 5) is 25.1. The van der Waals surface area contributed by atoms with Crippen LogP contribution in [0.5, 0.6) is 0 Å². The van der Waals surface area contributed by atoms with Crippen LogP contribution < -0.4 is 10.6 Å². The van der Waals surface area contributed by atoms with Crippen molar-refractivity contribution in [3.05, 3.63) is 41.6 Å². The van der Waals surface area contributed by atoms with Crippen molar-refractivity contribution < 1.29 is 4.79 Å². The van der Waals surface area contributed by atoms with E-state index in [0.717, 1.165) is 5.56 Å². The summed E-state index contributed by atoms with van der Waals surface area (Å²) in [5, 5.41) is 5.68. The Labute approximate surface area is 124 Å². The molecule has 0 saturated heterocycles. The number of amides is 1. The summed E-state index contributed by atoms with van der Waals surface area (Å²) in [6, 6.07) is 3.65. The highest BCUT2D eigenvalue weighted by molar-refractivity contribution is 6.05. The van der Waals surface area contributed by atoms with Crippen molar-refractivity contribution in [2.24, 2.45) is 0 Å². The average molecular weight is 285 g/mol. The van der Waals surface area contributed by atoms with E-state index in [1.54, 1.807) is 25.5 Å². The van der Waals surface area contributed by atoms with Gasteiger partial charge in [-0.1, -0.05) is 19.9 Å². The molecule has 2 heterocycles. The van der Waals surface area contributed by atoms with Gasteiger partial charge in [-0.25, -0.2) is 15.0 Å². The first-order chi connectivity index (χ1) is 10.0. The van der Waals surface area contributed by atoms with Gasteiger partial charge in [0, 0.05) is 19.2 Å². The molecule has 2 aromatic rings. The van der Waals surface area contributed by atoms with E-state index in [1.807, 2.05) is 26.8 Å². The van der Waals surface area contributed by atoms with Crippen LogP contribution >= 0.6 is 0 Å². The molecule has 21 heavy (non-hydrogen) atoms. The third-order valence-electron chi connectivity index (χ3n) is 2.96. The lowest BCUT2D eigenvalue weighted by atomic mass is 10.2. The summed E-state index contributed by atoms with van der Waals surface area (Å²) in [7, 11) is 1.73. The highest BCUT2D eigenvalue weighted by Crippen LogP contribution is 2.17. The summed E-state index contributed by atoms with van der Waals surface area (Å²) in [5.74, 6) is 0.980. The monoisotopic (exact) mass is 285 g/mol. The second-order valence-corrected chi connectivity index (χ2v) is 5.07. The molecule has 1 amide bonds. The van der Waals surface area contributed by atoms with E-state index in [-0.39, 0.29) is 11.8 Å². The van der Waals surface area contributed by atoms with Crippen molar-refractivity contribution in [2.45, 2.75) is 26.7 Å². The minimum Gasteiger partial charge on any atom is -0.385 e. The zero-order chi connectivity index (χ0) is 15.4. The SMILES string of the molecule is CNc1cnc(C(C)C)nc1C(=O)Nc1ccc(C)cn1. The smallest absolute Gasteiger partial charge is 0.277 e. The lowest BCUT2D eigenvalue weighted by Crippen LogP contribution is -2.18. The fraction of sp³-hybridized carbons (Fsp3) is 0.333. The third kappa shape index (κ3) is 3.53. The zero-order valence-corrected chi connectivity index (χ0v) is 12.6. The molecule has 0 aliphatic carbocycles. The quantitative estimate of drug-likeness (QED) is 0.902. The normalized spacial score (nSPS) is 10.5. The molecule has 0 saturated carbocycles. The topological polar surface area (TPSA) is 79.8 Å². The highest BCUT2D eigenvalue weighted by Gasteiger charge is 2.16. The summed E-state index contributed by atoms with van der Waals surface area (Å²) >= 11 is 0. The maximum atomic E-state index is 12.4. The van der Waals surface area contributed by atoms with Crippen LogP contribution in [0, 0.1) is 6.92 Å². The molecular formula is C15H19N5O. The maximum absolute atomic E-state index is 12.4. The van der Waals surface area contributed by atoms with Crippen LogP contribution in [-0.2, 0) is 0 Å². The van der Waals surface area contributed by atoms with Gasteiger partial charge in [-0.15, -0.1) is 0 Å². The summed E-state index contributed by atoms with van der Waals surface area (Å²) in [6.45, 7) is 5.91. The van der Waals surface area contributed by atoms with Crippen molar-refractivity contribution in [3.8, 4) is 0 Å². The van der Waals surface area contributed by atoms with Crippen molar-refractivity contribution >= 4 is 17.4 Å². The first kappa shape index (κ1) is 14.9. The van der Waals surface area contributed by atoms with Gasteiger partial charge in [0.05, 0.1) is 11.9 Å². The van der Waals surface area contributed by atoms with Crippen LogP contribution in [0.1, 0.15) is 41.6 Å². The van der Waals surface area contributed by atoms with Gasteiger partial charge < -0.3 is 10.6 Å². The second-order valence-electron chi connectivity index (χ2n) is 5.07. The molecule has 2 N–H and O–H groups in total. The molecular weight excluding hydrogens is 266 g/mol. The first-order valence-electron chi connectivity index (χ1n) is 6.80. The van der Waals surface area contributed by atoms with Crippen molar-refractivity contribution in [1.29, 1.82) is 0 Å². The minimum absolute atomic E-state index is 0.153. The molecule has 0 aliphatic heterocycles. The molecule has 0 spiro atoms. The van der Waals surface area contributed by atoms with Crippen molar-refractivity contribution in [2.75, 3.05) is 17.7 Å². The van der Waals surface area contributed by atoms with Crippen molar-refractivity contribution in [1.82, 2.24) is 15.0 Å². The zero-order valence-electron chi connectivity index (χ0n) is 12.6. The Bertz CT molecular complexity index is 637. The van der Waals surface area contributed by atoms with Crippen LogP contribution in [0.15, 0.2) is 24.5 Å². The lowest BCUT2D eigenvalue weighted by molar-refractivity contribution is 0.102. The second kappa shape index (κ2) is 6.30. The molecule has 0 radical (unpaired) electrons. The Kier molecular flexibility index (Phi) is 4.47. The number of aryl methyl sites for hydroxylation is 1. The lowest BCUT2D eigenvalue weighted by Gasteiger charge is -2.11. The Hall–Kier alpha value is -2.50. The van der Waals surface area contributed by atoms with Gasteiger partial charge in [0.2, 0.25) is 0 Å². The number of rotatable bonds is 4. The molecule has 110 valence electrons. The number of carbonyl (C=O) groups excluding carboxylic acids is 1. The van der Waals surface area contributed by atoms with E-state index < -0.39 is 0 Å². The van der Waals surface area contributed by atoms with E-state index in [0.29, 0.717) is 23.0 Å². The molecule has 2 aromatic heterocycles. The molecule has 0 aliphatic rings. The van der Waals surface area contributed by atoms with E-state index in [2.05, 4.69) is 25.6 Å². The van der Waals surface area contributed by atoms with Gasteiger partial charge in [0.25, 0.3) is 5.91 Å². The van der Waals surface area contributed by atoms with Crippen LogP contribution in [0.2, 0.25) is 0 Å². The van der Waals surface area contributed by atoms with Gasteiger partial charge >= 0.3 is 0 Å². The van der Waals surface area contributed by atoms with Crippen LogP contribution in [0.4, 0.5) is 11.5 Å². The number of hydrogen-bond donors (Lipinski definition) is 2. The van der Waals surface area contributed by atoms with Gasteiger partial charge in [-0.3, -0.25) is 4.79 Å². The predicted octanol–water partition coefficient (Wildman–Crippen LogP) is 2.60. The molecule has 0 unspecified atom stereocenters. The number of anilines is 2. The van der Waals surface area contributed by atoms with Gasteiger partial charge in [0.15, 0.2) is 5.69 Å².